The highest BCUT2D eigenvalue weighted by molar-refractivity contribution is 9.10. The van der Waals surface area contributed by atoms with E-state index >= 15 is 0 Å². The van der Waals surface area contributed by atoms with Crippen LogP contribution in [0.5, 0.6) is 0 Å². The van der Waals surface area contributed by atoms with Gasteiger partial charge in [-0.2, -0.15) is 0 Å². The average Bonchev–Trinajstić information content (AvgIpc) is 2.96. The van der Waals surface area contributed by atoms with Crippen molar-refractivity contribution in [1.82, 2.24) is 4.98 Å². The van der Waals surface area contributed by atoms with Crippen molar-refractivity contribution in [2.24, 2.45) is 0 Å². The van der Waals surface area contributed by atoms with Crippen LogP contribution in [0.2, 0.25) is 0 Å². The fraction of sp³-hybridized carbons (Fsp3) is 0.0625. The van der Waals surface area contributed by atoms with Crippen LogP contribution in [-0.2, 0) is 6.54 Å². The van der Waals surface area contributed by atoms with E-state index in [4.69, 9.17) is 0 Å². The van der Waals surface area contributed by atoms with Crippen molar-refractivity contribution >= 4 is 33.0 Å². The molecule has 1 N–H and O–H groups in total. The normalized spacial score (nSPS) is 10.4. The molecule has 0 aliphatic heterocycles. The fourth-order valence-electron chi connectivity index (χ4n) is 1.93. The predicted octanol–water partition coefficient (Wildman–Crippen LogP) is 5.18. The maximum atomic E-state index is 4.20. The minimum absolute atomic E-state index is 0.807. The van der Waals surface area contributed by atoms with E-state index in [0.29, 0.717) is 0 Å². The summed E-state index contributed by atoms with van der Waals surface area (Å²) in [6.07, 6.45) is 1.77. The average molecular weight is 345 g/mol. The summed E-state index contributed by atoms with van der Waals surface area (Å²) in [5, 5.41) is 3.40. The Morgan fingerprint density at radius 1 is 1.00 bits per heavy atom. The zero-order chi connectivity index (χ0) is 13.8. The van der Waals surface area contributed by atoms with Gasteiger partial charge in [0.1, 0.15) is 4.60 Å². The van der Waals surface area contributed by atoms with E-state index in [1.54, 1.807) is 6.20 Å². The Bertz CT molecular complexity index is 694. The highest BCUT2D eigenvalue weighted by atomic mass is 79.9. The van der Waals surface area contributed by atoms with Crippen LogP contribution in [0.4, 0.5) is 5.69 Å². The van der Waals surface area contributed by atoms with E-state index in [2.05, 4.69) is 62.6 Å². The molecule has 4 heteroatoms. The number of nitrogens with zero attached hydrogens (tertiary/aromatic N) is 1. The lowest BCUT2D eigenvalue weighted by Gasteiger charge is -2.05. The molecule has 0 spiro atoms. The van der Waals surface area contributed by atoms with Crippen LogP contribution in [0.25, 0.3) is 10.4 Å². The first-order valence-corrected chi connectivity index (χ1v) is 7.92. The molecule has 20 heavy (non-hydrogen) atoms. The molecule has 0 aliphatic rings. The van der Waals surface area contributed by atoms with E-state index in [1.807, 2.05) is 29.5 Å². The Kier molecular flexibility index (Phi) is 4.14. The minimum Gasteiger partial charge on any atom is -0.378 e. The summed E-state index contributed by atoms with van der Waals surface area (Å²) < 4.78 is 0.847. The quantitative estimate of drug-likeness (QED) is 0.659. The SMILES string of the molecule is Brc1ncccc1NCc1ccc(-c2ccccc2)s1. The molecular weight excluding hydrogens is 332 g/mol. The summed E-state index contributed by atoms with van der Waals surface area (Å²) in [4.78, 5) is 6.81. The summed E-state index contributed by atoms with van der Waals surface area (Å²) in [6, 6.07) is 18.7. The molecule has 2 aromatic heterocycles. The molecule has 0 radical (unpaired) electrons. The van der Waals surface area contributed by atoms with E-state index in [1.165, 1.54) is 15.3 Å². The van der Waals surface area contributed by atoms with Gasteiger partial charge in [-0.3, -0.25) is 0 Å². The zero-order valence-electron chi connectivity index (χ0n) is 10.7. The molecule has 0 atom stereocenters. The van der Waals surface area contributed by atoms with Crippen LogP contribution in [0, 0.1) is 0 Å². The Balaban J connectivity index is 1.71. The van der Waals surface area contributed by atoms with Gasteiger partial charge in [0, 0.05) is 22.5 Å². The van der Waals surface area contributed by atoms with Gasteiger partial charge in [0.2, 0.25) is 0 Å². The van der Waals surface area contributed by atoms with Gasteiger partial charge in [-0.15, -0.1) is 11.3 Å². The summed E-state index contributed by atoms with van der Waals surface area (Å²) in [7, 11) is 0. The molecule has 2 nitrogen and oxygen atoms in total. The molecule has 0 saturated carbocycles. The highest BCUT2D eigenvalue weighted by Crippen LogP contribution is 2.28. The second kappa shape index (κ2) is 6.20. The predicted molar refractivity (Wildman–Crippen MR) is 89.0 cm³/mol. The number of rotatable bonds is 4. The molecule has 0 unspecified atom stereocenters. The number of anilines is 1. The van der Waals surface area contributed by atoms with Crippen molar-refractivity contribution in [3.8, 4) is 10.4 Å². The maximum absolute atomic E-state index is 4.20. The number of benzene rings is 1. The van der Waals surface area contributed by atoms with Gasteiger partial charge in [0.05, 0.1) is 5.69 Å². The molecule has 3 aromatic rings. The summed E-state index contributed by atoms with van der Waals surface area (Å²) in [5.41, 5.74) is 2.29. The van der Waals surface area contributed by atoms with Gasteiger partial charge in [0.15, 0.2) is 0 Å². The Morgan fingerprint density at radius 2 is 1.85 bits per heavy atom. The lowest BCUT2D eigenvalue weighted by atomic mass is 10.2. The summed E-state index contributed by atoms with van der Waals surface area (Å²) >= 11 is 5.25. The standard InChI is InChI=1S/C16H13BrN2S/c17-16-14(7-4-10-18-16)19-11-13-8-9-15(20-13)12-5-2-1-3-6-12/h1-10,19H,11H2. The minimum atomic E-state index is 0.807. The smallest absolute Gasteiger partial charge is 0.129 e. The van der Waals surface area contributed by atoms with Crippen LogP contribution in [0.3, 0.4) is 0 Å². The number of thiophene rings is 1. The molecule has 2 heterocycles. The van der Waals surface area contributed by atoms with Crippen LogP contribution >= 0.6 is 27.3 Å². The molecule has 100 valence electrons. The van der Waals surface area contributed by atoms with E-state index in [-0.39, 0.29) is 0 Å². The number of hydrogen-bond donors (Lipinski definition) is 1. The van der Waals surface area contributed by atoms with Crippen LogP contribution in [0.1, 0.15) is 4.88 Å². The topological polar surface area (TPSA) is 24.9 Å². The Morgan fingerprint density at radius 3 is 2.65 bits per heavy atom. The van der Waals surface area contributed by atoms with Crippen molar-refractivity contribution in [3.05, 3.63) is 70.3 Å². The van der Waals surface area contributed by atoms with Crippen LogP contribution in [0.15, 0.2) is 65.4 Å². The maximum Gasteiger partial charge on any atom is 0.129 e. The largest absolute Gasteiger partial charge is 0.378 e. The van der Waals surface area contributed by atoms with Gasteiger partial charge in [0.25, 0.3) is 0 Å². The lowest BCUT2D eigenvalue weighted by Crippen LogP contribution is -1.98. The molecule has 0 saturated heterocycles. The van der Waals surface area contributed by atoms with Gasteiger partial charge < -0.3 is 5.32 Å². The van der Waals surface area contributed by atoms with Crippen molar-refractivity contribution in [1.29, 1.82) is 0 Å². The molecule has 0 amide bonds. The summed E-state index contributed by atoms with van der Waals surface area (Å²) in [6.45, 7) is 0.807. The monoisotopic (exact) mass is 344 g/mol. The summed E-state index contributed by atoms with van der Waals surface area (Å²) in [5.74, 6) is 0. The Labute approximate surface area is 130 Å². The second-order valence-electron chi connectivity index (χ2n) is 4.33. The molecular formula is C16H13BrN2S. The van der Waals surface area contributed by atoms with Crippen molar-refractivity contribution in [2.75, 3.05) is 5.32 Å². The highest BCUT2D eigenvalue weighted by Gasteiger charge is 2.04. The van der Waals surface area contributed by atoms with Crippen molar-refractivity contribution in [2.45, 2.75) is 6.54 Å². The Hall–Kier alpha value is -1.65. The van der Waals surface area contributed by atoms with Gasteiger partial charge in [-0.05, 0) is 45.8 Å². The van der Waals surface area contributed by atoms with Crippen LogP contribution < -0.4 is 5.32 Å². The van der Waals surface area contributed by atoms with E-state index < -0.39 is 0 Å². The third-order valence-corrected chi connectivity index (χ3v) is 4.70. The molecule has 0 aliphatic carbocycles. The molecule has 0 fully saturated rings. The number of nitrogens with one attached hydrogen (secondary N) is 1. The third-order valence-electron chi connectivity index (χ3n) is 2.93. The first-order valence-electron chi connectivity index (χ1n) is 6.31. The first-order chi connectivity index (χ1) is 9.83. The number of halogens is 1. The van der Waals surface area contributed by atoms with Crippen molar-refractivity contribution in [3.63, 3.8) is 0 Å². The molecule has 0 bridgehead atoms. The first kappa shape index (κ1) is 13.3. The van der Waals surface area contributed by atoms with Gasteiger partial charge in [-0.1, -0.05) is 30.3 Å². The third kappa shape index (κ3) is 3.08. The fourth-order valence-corrected chi connectivity index (χ4v) is 3.27. The lowest BCUT2D eigenvalue weighted by molar-refractivity contribution is 1.16. The van der Waals surface area contributed by atoms with Crippen molar-refractivity contribution < 1.29 is 0 Å². The second-order valence-corrected chi connectivity index (χ2v) is 6.25. The number of aromatic nitrogens is 1. The van der Waals surface area contributed by atoms with E-state index in [9.17, 15) is 0 Å². The van der Waals surface area contributed by atoms with Crippen LogP contribution in [-0.4, -0.2) is 4.98 Å². The molecule has 1 aromatic carbocycles. The van der Waals surface area contributed by atoms with E-state index in [0.717, 1.165) is 16.8 Å². The zero-order valence-corrected chi connectivity index (χ0v) is 13.1. The molecule has 3 rings (SSSR count). The number of hydrogen-bond acceptors (Lipinski definition) is 3. The van der Waals surface area contributed by atoms with Gasteiger partial charge >= 0.3 is 0 Å². The number of pyridine rings is 1. The van der Waals surface area contributed by atoms with Gasteiger partial charge in [-0.25, -0.2) is 4.98 Å².